The number of hydrazine groups is 1. The Balaban J connectivity index is 1.90. The Morgan fingerprint density at radius 2 is 2.19 bits per heavy atom. The number of hydrogen-bond donors (Lipinski definition) is 1. The monoisotopic (exact) mass is 240 g/mol. The van der Waals surface area contributed by atoms with Gasteiger partial charge in [0.05, 0.1) is 6.04 Å². The van der Waals surface area contributed by atoms with Gasteiger partial charge < -0.3 is 9.47 Å². The average Bonchev–Trinajstić information content (AvgIpc) is 2.74. The van der Waals surface area contributed by atoms with E-state index in [9.17, 15) is 0 Å². The van der Waals surface area contributed by atoms with Gasteiger partial charge in [-0.2, -0.15) is 0 Å². The van der Waals surface area contributed by atoms with Crippen molar-refractivity contribution >= 4 is 11.3 Å². The molecule has 3 heterocycles. The lowest BCUT2D eigenvalue weighted by atomic mass is 9.98. The van der Waals surface area contributed by atoms with Crippen LogP contribution in [0.4, 0.5) is 0 Å². The Labute approximate surface area is 98.9 Å². The highest BCUT2D eigenvalue weighted by Crippen LogP contribution is 2.45. The summed E-state index contributed by atoms with van der Waals surface area (Å²) >= 11 is 1.62. The van der Waals surface area contributed by atoms with E-state index in [1.165, 1.54) is 18.4 Å². The maximum Gasteiger partial charge on any atom is 0.217 e. The van der Waals surface area contributed by atoms with E-state index in [4.69, 9.17) is 15.3 Å². The van der Waals surface area contributed by atoms with Crippen molar-refractivity contribution in [2.45, 2.75) is 25.3 Å². The molecule has 88 valence electrons. The second-order valence-electron chi connectivity index (χ2n) is 4.25. The fourth-order valence-electron chi connectivity index (χ4n) is 2.38. The van der Waals surface area contributed by atoms with Gasteiger partial charge in [0.1, 0.15) is 13.2 Å². The predicted molar refractivity (Wildman–Crippen MR) is 62.8 cm³/mol. The van der Waals surface area contributed by atoms with E-state index in [1.54, 1.807) is 11.3 Å². The molecule has 1 aromatic heterocycles. The molecule has 2 aliphatic rings. The molecule has 16 heavy (non-hydrogen) atoms. The molecule has 1 aromatic rings. The first kappa shape index (κ1) is 10.4. The standard InChI is InChI=1S/C11H16N2O2S/c12-13-4-2-1-3-9(13)8-7-16-11-10(8)14-5-6-15-11/h7,9H,1-6,12H2. The molecule has 0 radical (unpaired) electrons. The predicted octanol–water partition coefficient (Wildman–Crippen LogP) is 1.92. The summed E-state index contributed by atoms with van der Waals surface area (Å²) in [7, 11) is 0. The van der Waals surface area contributed by atoms with Gasteiger partial charge in [0, 0.05) is 17.5 Å². The zero-order valence-corrected chi connectivity index (χ0v) is 9.96. The summed E-state index contributed by atoms with van der Waals surface area (Å²) in [5.74, 6) is 6.97. The van der Waals surface area contributed by atoms with E-state index in [2.05, 4.69) is 5.38 Å². The van der Waals surface area contributed by atoms with Crippen LogP contribution < -0.4 is 15.3 Å². The smallest absolute Gasteiger partial charge is 0.217 e. The van der Waals surface area contributed by atoms with Gasteiger partial charge in [0.15, 0.2) is 5.75 Å². The molecule has 1 atom stereocenters. The third-order valence-corrected chi connectivity index (χ3v) is 4.10. The number of piperidine rings is 1. The first-order valence-corrected chi connectivity index (χ1v) is 6.62. The molecule has 4 nitrogen and oxygen atoms in total. The van der Waals surface area contributed by atoms with Crippen molar-refractivity contribution in [3.63, 3.8) is 0 Å². The van der Waals surface area contributed by atoms with Crippen LogP contribution in [-0.4, -0.2) is 24.8 Å². The van der Waals surface area contributed by atoms with E-state index >= 15 is 0 Å². The second kappa shape index (κ2) is 4.24. The molecule has 0 aliphatic carbocycles. The van der Waals surface area contributed by atoms with Gasteiger partial charge in [-0.25, -0.2) is 5.01 Å². The molecular formula is C11H16N2O2S. The molecule has 0 bridgehead atoms. The van der Waals surface area contributed by atoms with Gasteiger partial charge in [0.25, 0.3) is 0 Å². The Hall–Kier alpha value is -0.780. The molecule has 0 saturated carbocycles. The number of nitrogens with two attached hydrogens (primary N) is 1. The maximum atomic E-state index is 6.04. The molecule has 0 spiro atoms. The summed E-state index contributed by atoms with van der Waals surface area (Å²) in [6, 6.07) is 0.301. The highest BCUT2D eigenvalue weighted by Gasteiger charge is 2.29. The Kier molecular flexibility index (Phi) is 2.75. The number of thiophene rings is 1. The molecule has 2 N–H and O–H groups in total. The zero-order chi connectivity index (χ0) is 11.0. The summed E-state index contributed by atoms with van der Waals surface area (Å²) in [4.78, 5) is 0. The third kappa shape index (κ3) is 1.69. The van der Waals surface area contributed by atoms with Gasteiger partial charge in [-0.3, -0.25) is 5.84 Å². The SMILES string of the molecule is NN1CCCCC1c1csc2c1OCCO2. The van der Waals surface area contributed by atoms with Crippen molar-refractivity contribution in [2.24, 2.45) is 5.84 Å². The Morgan fingerprint density at radius 1 is 1.31 bits per heavy atom. The van der Waals surface area contributed by atoms with E-state index < -0.39 is 0 Å². The largest absolute Gasteiger partial charge is 0.485 e. The highest BCUT2D eigenvalue weighted by atomic mass is 32.1. The van der Waals surface area contributed by atoms with Crippen molar-refractivity contribution < 1.29 is 9.47 Å². The minimum absolute atomic E-state index is 0.301. The van der Waals surface area contributed by atoms with E-state index in [0.717, 1.165) is 23.8 Å². The van der Waals surface area contributed by atoms with Crippen LogP contribution >= 0.6 is 11.3 Å². The number of rotatable bonds is 1. The van der Waals surface area contributed by atoms with Crippen LogP contribution in [0.15, 0.2) is 5.38 Å². The van der Waals surface area contributed by atoms with E-state index in [-0.39, 0.29) is 0 Å². The van der Waals surface area contributed by atoms with Gasteiger partial charge in [-0.05, 0) is 12.8 Å². The fraction of sp³-hybridized carbons (Fsp3) is 0.636. The quantitative estimate of drug-likeness (QED) is 0.762. The van der Waals surface area contributed by atoms with Crippen LogP contribution in [0.3, 0.4) is 0 Å². The van der Waals surface area contributed by atoms with Gasteiger partial charge in [0.2, 0.25) is 5.06 Å². The van der Waals surface area contributed by atoms with Crippen LogP contribution in [0.2, 0.25) is 0 Å². The average molecular weight is 240 g/mol. The molecular weight excluding hydrogens is 224 g/mol. The second-order valence-corrected chi connectivity index (χ2v) is 5.10. The topological polar surface area (TPSA) is 47.7 Å². The third-order valence-electron chi connectivity index (χ3n) is 3.21. The number of ether oxygens (including phenoxy) is 2. The van der Waals surface area contributed by atoms with Crippen molar-refractivity contribution in [1.29, 1.82) is 0 Å². The lowest BCUT2D eigenvalue weighted by molar-refractivity contribution is 0.138. The number of nitrogens with zero attached hydrogens (tertiary/aromatic N) is 1. The molecule has 1 fully saturated rings. The first-order chi connectivity index (χ1) is 7.86. The van der Waals surface area contributed by atoms with Crippen molar-refractivity contribution in [3.8, 4) is 10.8 Å². The summed E-state index contributed by atoms with van der Waals surface area (Å²) < 4.78 is 11.3. The van der Waals surface area contributed by atoms with E-state index in [1.807, 2.05) is 5.01 Å². The normalized spacial score (nSPS) is 25.7. The first-order valence-electron chi connectivity index (χ1n) is 5.74. The minimum Gasteiger partial charge on any atom is -0.485 e. The van der Waals surface area contributed by atoms with Crippen molar-refractivity contribution in [3.05, 3.63) is 10.9 Å². The highest BCUT2D eigenvalue weighted by molar-refractivity contribution is 7.12. The van der Waals surface area contributed by atoms with Crippen LogP contribution in [0.25, 0.3) is 0 Å². The molecule has 0 aromatic carbocycles. The lowest BCUT2D eigenvalue weighted by Crippen LogP contribution is -2.39. The van der Waals surface area contributed by atoms with Crippen LogP contribution in [-0.2, 0) is 0 Å². The molecule has 1 unspecified atom stereocenters. The summed E-state index contributed by atoms with van der Waals surface area (Å²) in [5, 5.41) is 4.98. The Morgan fingerprint density at radius 3 is 3.06 bits per heavy atom. The van der Waals surface area contributed by atoms with Gasteiger partial charge in [-0.1, -0.05) is 6.42 Å². The minimum atomic E-state index is 0.301. The van der Waals surface area contributed by atoms with Crippen LogP contribution in [0, 0.1) is 0 Å². The summed E-state index contributed by atoms with van der Waals surface area (Å²) in [5.41, 5.74) is 1.21. The summed E-state index contributed by atoms with van der Waals surface area (Å²) in [6.07, 6.45) is 3.55. The summed E-state index contributed by atoms with van der Waals surface area (Å²) in [6.45, 7) is 2.27. The van der Waals surface area contributed by atoms with E-state index in [0.29, 0.717) is 19.3 Å². The fourth-order valence-corrected chi connectivity index (χ4v) is 3.31. The van der Waals surface area contributed by atoms with Gasteiger partial charge >= 0.3 is 0 Å². The number of hydrogen-bond acceptors (Lipinski definition) is 5. The van der Waals surface area contributed by atoms with Gasteiger partial charge in [-0.15, -0.1) is 11.3 Å². The lowest BCUT2D eigenvalue weighted by Gasteiger charge is -2.32. The maximum absolute atomic E-state index is 6.04. The van der Waals surface area contributed by atoms with Crippen molar-refractivity contribution in [2.75, 3.05) is 19.8 Å². The Bertz CT molecular complexity index is 380. The molecule has 5 heteroatoms. The van der Waals surface area contributed by atoms with Crippen LogP contribution in [0.1, 0.15) is 30.9 Å². The zero-order valence-electron chi connectivity index (χ0n) is 9.15. The molecule has 2 aliphatic heterocycles. The van der Waals surface area contributed by atoms with Crippen LogP contribution in [0.5, 0.6) is 10.8 Å². The van der Waals surface area contributed by atoms with Crippen molar-refractivity contribution in [1.82, 2.24) is 5.01 Å². The number of fused-ring (bicyclic) bond motifs is 1. The molecule has 3 rings (SSSR count). The molecule has 0 amide bonds. The molecule has 1 saturated heterocycles.